The molecule has 3 nitrogen and oxygen atoms in total. The Labute approximate surface area is 127 Å². The van der Waals surface area contributed by atoms with Crippen molar-refractivity contribution in [1.82, 2.24) is 15.1 Å². The molecule has 2 aromatic rings. The summed E-state index contributed by atoms with van der Waals surface area (Å²) in [7, 11) is 0. The Morgan fingerprint density at radius 3 is 2.65 bits per heavy atom. The van der Waals surface area contributed by atoms with E-state index in [1.807, 2.05) is 13.8 Å². The minimum Gasteiger partial charge on any atom is -0.305 e. The van der Waals surface area contributed by atoms with E-state index in [4.69, 9.17) is 23.2 Å². The molecule has 1 N–H and O–H groups in total. The molecule has 2 rings (SSSR count). The highest BCUT2D eigenvalue weighted by Gasteiger charge is 2.25. The maximum absolute atomic E-state index is 14.2. The van der Waals surface area contributed by atoms with Crippen molar-refractivity contribution in [3.05, 3.63) is 51.5 Å². The predicted molar refractivity (Wildman–Crippen MR) is 79.8 cm³/mol. The van der Waals surface area contributed by atoms with Gasteiger partial charge in [0.2, 0.25) is 0 Å². The molecular weight excluding hydrogens is 300 g/mol. The highest BCUT2D eigenvalue weighted by molar-refractivity contribution is 6.32. The molecule has 0 aliphatic rings. The van der Waals surface area contributed by atoms with Crippen molar-refractivity contribution < 1.29 is 4.39 Å². The summed E-state index contributed by atoms with van der Waals surface area (Å²) < 4.78 is 15.9. The van der Waals surface area contributed by atoms with E-state index in [1.165, 1.54) is 6.07 Å². The van der Waals surface area contributed by atoms with Gasteiger partial charge in [-0.2, -0.15) is 5.10 Å². The number of aromatic nitrogens is 2. The zero-order valence-corrected chi connectivity index (χ0v) is 12.8. The van der Waals surface area contributed by atoms with Gasteiger partial charge in [0.15, 0.2) is 0 Å². The van der Waals surface area contributed by atoms with Gasteiger partial charge in [0.25, 0.3) is 0 Å². The molecule has 1 atom stereocenters. The third-order valence-corrected chi connectivity index (χ3v) is 3.72. The first-order valence-electron chi connectivity index (χ1n) is 6.48. The van der Waals surface area contributed by atoms with Crippen LogP contribution in [0.1, 0.15) is 31.1 Å². The molecule has 0 saturated heterocycles. The highest BCUT2D eigenvalue weighted by atomic mass is 35.5. The van der Waals surface area contributed by atoms with Gasteiger partial charge in [-0.15, -0.1) is 0 Å². The lowest BCUT2D eigenvalue weighted by atomic mass is 10.0. The molecular formula is C14H16Cl2FN3. The lowest BCUT2D eigenvalue weighted by Gasteiger charge is -2.21. The van der Waals surface area contributed by atoms with Crippen molar-refractivity contribution in [2.45, 2.75) is 26.4 Å². The molecule has 0 saturated carbocycles. The topological polar surface area (TPSA) is 29.9 Å². The average molecular weight is 316 g/mol. The lowest BCUT2D eigenvalue weighted by molar-refractivity contribution is 0.516. The second kappa shape index (κ2) is 6.57. The van der Waals surface area contributed by atoms with Crippen molar-refractivity contribution >= 4 is 23.2 Å². The van der Waals surface area contributed by atoms with Gasteiger partial charge >= 0.3 is 0 Å². The third kappa shape index (κ3) is 2.82. The monoisotopic (exact) mass is 315 g/mol. The Morgan fingerprint density at radius 1 is 1.30 bits per heavy atom. The van der Waals surface area contributed by atoms with E-state index in [9.17, 15) is 4.39 Å². The smallest absolute Gasteiger partial charge is 0.129 e. The minimum absolute atomic E-state index is 0.358. The van der Waals surface area contributed by atoms with Crippen molar-refractivity contribution in [3.63, 3.8) is 0 Å². The van der Waals surface area contributed by atoms with Crippen molar-refractivity contribution in [1.29, 1.82) is 0 Å². The van der Waals surface area contributed by atoms with E-state index in [0.29, 0.717) is 28.7 Å². The zero-order chi connectivity index (χ0) is 14.7. The van der Waals surface area contributed by atoms with Crippen molar-refractivity contribution in [2.24, 2.45) is 0 Å². The Bertz CT molecular complexity index is 578. The SMILES string of the molecule is CCNC(c1c(F)cccc1Cl)c1c(Cl)cnn1CC. The summed E-state index contributed by atoms with van der Waals surface area (Å²) in [5.74, 6) is -0.358. The van der Waals surface area contributed by atoms with Crippen LogP contribution in [0.3, 0.4) is 0 Å². The average Bonchev–Trinajstić information content (AvgIpc) is 2.78. The van der Waals surface area contributed by atoms with Crippen LogP contribution in [0.25, 0.3) is 0 Å². The molecule has 1 aromatic heterocycles. The number of rotatable bonds is 5. The molecule has 1 aromatic carbocycles. The molecule has 108 valence electrons. The molecule has 20 heavy (non-hydrogen) atoms. The van der Waals surface area contributed by atoms with Crippen LogP contribution in [0.2, 0.25) is 10.0 Å². The minimum atomic E-state index is -0.427. The van der Waals surface area contributed by atoms with Crippen LogP contribution < -0.4 is 5.32 Å². The molecule has 0 spiro atoms. The Kier molecular flexibility index (Phi) is 5.02. The Morgan fingerprint density at radius 2 is 2.05 bits per heavy atom. The molecule has 1 heterocycles. The maximum Gasteiger partial charge on any atom is 0.129 e. The molecule has 1 unspecified atom stereocenters. The molecule has 0 radical (unpaired) electrons. The molecule has 0 amide bonds. The van der Waals surface area contributed by atoms with E-state index in [2.05, 4.69) is 10.4 Å². The largest absolute Gasteiger partial charge is 0.305 e. The quantitative estimate of drug-likeness (QED) is 0.902. The summed E-state index contributed by atoms with van der Waals surface area (Å²) in [4.78, 5) is 0. The number of benzene rings is 1. The van der Waals surface area contributed by atoms with Gasteiger partial charge in [-0.3, -0.25) is 4.68 Å². The van der Waals surface area contributed by atoms with Crippen molar-refractivity contribution in [3.8, 4) is 0 Å². The summed E-state index contributed by atoms with van der Waals surface area (Å²) in [5.41, 5.74) is 1.12. The summed E-state index contributed by atoms with van der Waals surface area (Å²) in [6, 6.07) is 4.23. The van der Waals surface area contributed by atoms with Crippen LogP contribution >= 0.6 is 23.2 Å². The Balaban J connectivity index is 2.59. The summed E-state index contributed by atoms with van der Waals surface area (Å²) >= 11 is 12.4. The first-order valence-corrected chi connectivity index (χ1v) is 7.24. The molecule has 0 bridgehead atoms. The molecule has 0 fully saturated rings. The summed E-state index contributed by atoms with van der Waals surface area (Å²) in [5, 5.41) is 8.30. The summed E-state index contributed by atoms with van der Waals surface area (Å²) in [6.45, 7) is 5.21. The fourth-order valence-corrected chi connectivity index (χ4v) is 2.76. The van der Waals surface area contributed by atoms with E-state index in [1.54, 1.807) is 23.0 Å². The normalized spacial score (nSPS) is 12.7. The maximum atomic E-state index is 14.2. The standard InChI is InChI=1S/C14H16Cl2FN3/c1-3-18-13(12-9(15)6-5-7-11(12)17)14-10(16)8-19-20(14)4-2/h5-8,13,18H,3-4H2,1-2H3. The van der Waals surface area contributed by atoms with Crippen LogP contribution in [-0.4, -0.2) is 16.3 Å². The zero-order valence-electron chi connectivity index (χ0n) is 11.3. The van der Waals surface area contributed by atoms with Gasteiger partial charge in [0, 0.05) is 17.1 Å². The van der Waals surface area contributed by atoms with Crippen molar-refractivity contribution in [2.75, 3.05) is 6.54 Å². The second-order valence-electron chi connectivity index (χ2n) is 4.32. The van der Waals surface area contributed by atoms with Gasteiger partial charge in [-0.05, 0) is 25.6 Å². The number of aryl methyl sites for hydroxylation is 1. The van der Waals surface area contributed by atoms with Gasteiger partial charge in [-0.25, -0.2) is 4.39 Å². The van der Waals surface area contributed by atoms with Crippen LogP contribution in [0.15, 0.2) is 24.4 Å². The predicted octanol–water partition coefficient (Wildman–Crippen LogP) is 4.05. The Hall–Kier alpha value is -1.10. The fourth-order valence-electron chi connectivity index (χ4n) is 2.24. The number of nitrogens with one attached hydrogen (secondary N) is 1. The van der Waals surface area contributed by atoms with E-state index in [-0.39, 0.29) is 5.82 Å². The number of hydrogen-bond donors (Lipinski definition) is 1. The van der Waals surface area contributed by atoms with Crippen LogP contribution in [-0.2, 0) is 6.54 Å². The first-order chi connectivity index (χ1) is 9.60. The number of nitrogens with zero attached hydrogens (tertiary/aromatic N) is 2. The number of halogens is 3. The van der Waals surface area contributed by atoms with Crippen LogP contribution in [0.4, 0.5) is 4.39 Å². The van der Waals surface area contributed by atoms with Gasteiger partial charge < -0.3 is 5.32 Å². The van der Waals surface area contributed by atoms with E-state index >= 15 is 0 Å². The van der Waals surface area contributed by atoms with Gasteiger partial charge in [0.1, 0.15) is 5.82 Å². The third-order valence-electron chi connectivity index (χ3n) is 3.10. The molecule has 0 aliphatic heterocycles. The van der Waals surface area contributed by atoms with Gasteiger partial charge in [-0.1, -0.05) is 36.2 Å². The first kappa shape index (κ1) is 15.3. The van der Waals surface area contributed by atoms with Crippen LogP contribution in [0.5, 0.6) is 0 Å². The summed E-state index contributed by atoms with van der Waals surface area (Å²) in [6.07, 6.45) is 1.57. The fraction of sp³-hybridized carbons (Fsp3) is 0.357. The second-order valence-corrected chi connectivity index (χ2v) is 5.13. The number of hydrogen-bond acceptors (Lipinski definition) is 2. The lowest BCUT2D eigenvalue weighted by Crippen LogP contribution is -2.26. The van der Waals surface area contributed by atoms with Crippen LogP contribution in [0, 0.1) is 5.82 Å². The van der Waals surface area contributed by atoms with Gasteiger partial charge in [0.05, 0.1) is 23.0 Å². The molecule has 6 heteroatoms. The van der Waals surface area contributed by atoms with E-state index in [0.717, 1.165) is 5.69 Å². The highest BCUT2D eigenvalue weighted by Crippen LogP contribution is 2.33. The molecule has 0 aliphatic carbocycles. The van der Waals surface area contributed by atoms with E-state index < -0.39 is 6.04 Å².